The van der Waals surface area contributed by atoms with Gasteiger partial charge in [-0.1, -0.05) is 17.7 Å². The van der Waals surface area contributed by atoms with Gasteiger partial charge in [-0.3, -0.25) is 9.48 Å². The molecular weight excluding hydrogens is 285 g/mol. The summed E-state index contributed by atoms with van der Waals surface area (Å²) in [6.07, 6.45) is 1.49. The van der Waals surface area contributed by atoms with Gasteiger partial charge in [0.25, 0.3) is 5.91 Å². The summed E-state index contributed by atoms with van der Waals surface area (Å²) >= 11 is 5.60. The first-order valence-electron chi connectivity index (χ1n) is 5.87. The van der Waals surface area contributed by atoms with Crippen molar-refractivity contribution in [3.8, 4) is 0 Å². The highest BCUT2D eigenvalue weighted by atomic mass is 35.5. The summed E-state index contributed by atoms with van der Waals surface area (Å²) in [5.41, 5.74) is 0.780. The van der Waals surface area contributed by atoms with E-state index >= 15 is 0 Å². The molecule has 1 atom stereocenters. The van der Waals surface area contributed by atoms with Crippen LogP contribution in [0.3, 0.4) is 0 Å². The SMILES string of the molecule is Cn1nccc1C(=O)NC(CO)c1ccc(Cl)c(F)c1. The van der Waals surface area contributed by atoms with Gasteiger partial charge in [-0.25, -0.2) is 4.39 Å². The van der Waals surface area contributed by atoms with Gasteiger partial charge in [-0.05, 0) is 23.8 Å². The van der Waals surface area contributed by atoms with Gasteiger partial charge in [0.05, 0.1) is 17.7 Å². The van der Waals surface area contributed by atoms with Crippen LogP contribution in [0, 0.1) is 5.82 Å². The van der Waals surface area contributed by atoms with Crippen molar-refractivity contribution < 1.29 is 14.3 Å². The lowest BCUT2D eigenvalue weighted by Gasteiger charge is -2.17. The third kappa shape index (κ3) is 2.97. The van der Waals surface area contributed by atoms with Crippen molar-refractivity contribution in [2.24, 2.45) is 7.05 Å². The van der Waals surface area contributed by atoms with Crippen LogP contribution in [0.5, 0.6) is 0 Å². The number of nitrogens with zero attached hydrogens (tertiary/aromatic N) is 2. The lowest BCUT2D eigenvalue weighted by atomic mass is 10.1. The van der Waals surface area contributed by atoms with Gasteiger partial charge >= 0.3 is 0 Å². The molecule has 0 fully saturated rings. The molecule has 1 amide bonds. The van der Waals surface area contributed by atoms with Gasteiger partial charge in [-0.2, -0.15) is 5.10 Å². The Morgan fingerprint density at radius 1 is 1.55 bits per heavy atom. The summed E-state index contributed by atoms with van der Waals surface area (Å²) in [4.78, 5) is 12.0. The van der Waals surface area contributed by atoms with Crippen molar-refractivity contribution in [1.29, 1.82) is 0 Å². The Morgan fingerprint density at radius 3 is 2.85 bits per heavy atom. The molecule has 1 unspecified atom stereocenters. The van der Waals surface area contributed by atoms with Crippen molar-refractivity contribution in [3.63, 3.8) is 0 Å². The summed E-state index contributed by atoms with van der Waals surface area (Å²) < 4.78 is 14.8. The Morgan fingerprint density at radius 2 is 2.30 bits per heavy atom. The van der Waals surface area contributed by atoms with Crippen molar-refractivity contribution in [1.82, 2.24) is 15.1 Å². The van der Waals surface area contributed by atoms with E-state index in [1.165, 1.54) is 23.0 Å². The molecule has 2 rings (SSSR count). The smallest absolute Gasteiger partial charge is 0.270 e. The van der Waals surface area contributed by atoms with Crippen LogP contribution in [-0.2, 0) is 7.05 Å². The Hall–Kier alpha value is -1.92. The number of amides is 1. The van der Waals surface area contributed by atoms with E-state index in [0.29, 0.717) is 11.3 Å². The molecule has 0 radical (unpaired) electrons. The van der Waals surface area contributed by atoms with E-state index in [9.17, 15) is 14.3 Å². The highest BCUT2D eigenvalue weighted by Gasteiger charge is 2.18. The molecule has 1 aromatic carbocycles. The molecule has 5 nitrogen and oxygen atoms in total. The summed E-state index contributed by atoms with van der Waals surface area (Å²) in [5.74, 6) is -1.00. The van der Waals surface area contributed by atoms with Crippen LogP contribution in [0.1, 0.15) is 22.1 Å². The minimum atomic E-state index is -0.718. The fourth-order valence-electron chi connectivity index (χ4n) is 1.79. The maximum Gasteiger partial charge on any atom is 0.270 e. The average Bonchev–Trinajstić information content (AvgIpc) is 2.85. The lowest BCUT2D eigenvalue weighted by molar-refractivity contribution is 0.0906. The monoisotopic (exact) mass is 297 g/mol. The molecule has 2 aromatic rings. The highest BCUT2D eigenvalue weighted by molar-refractivity contribution is 6.30. The molecule has 0 aliphatic carbocycles. The van der Waals surface area contributed by atoms with Crippen molar-refractivity contribution in [2.45, 2.75) is 6.04 Å². The van der Waals surface area contributed by atoms with Crippen molar-refractivity contribution in [3.05, 3.63) is 52.6 Å². The first-order valence-corrected chi connectivity index (χ1v) is 6.25. The Balaban J connectivity index is 2.19. The Bertz CT molecular complexity index is 630. The maximum atomic E-state index is 13.4. The fraction of sp³-hybridized carbons (Fsp3) is 0.231. The predicted molar refractivity (Wildman–Crippen MR) is 71.9 cm³/mol. The van der Waals surface area contributed by atoms with E-state index in [4.69, 9.17) is 11.6 Å². The molecule has 2 N–H and O–H groups in total. The molecule has 0 saturated heterocycles. The van der Waals surface area contributed by atoms with Gasteiger partial charge < -0.3 is 10.4 Å². The molecule has 0 aliphatic heterocycles. The molecule has 7 heteroatoms. The van der Waals surface area contributed by atoms with Crippen LogP contribution in [0.2, 0.25) is 5.02 Å². The van der Waals surface area contributed by atoms with Crippen LogP contribution >= 0.6 is 11.6 Å². The number of aryl methyl sites for hydroxylation is 1. The zero-order valence-electron chi connectivity index (χ0n) is 10.7. The number of hydrogen-bond donors (Lipinski definition) is 2. The number of aliphatic hydroxyl groups excluding tert-OH is 1. The standard InChI is InChI=1S/C13H13ClFN3O2/c1-18-12(4-5-16-18)13(20)17-11(7-19)8-2-3-9(14)10(15)6-8/h2-6,11,19H,7H2,1H3,(H,17,20). The van der Waals surface area contributed by atoms with Crippen LogP contribution < -0.4 is 5.32 Å². The van der Waals surface area contributed by atoms with Crippen molar-refractivity contribution >= 4 is 17.5 Å². The van der Waals surface area contributed by atoms with E-state index in [1.807, 2.05) is 0 Å². The number of carbonyl (C=O) groups excluding carboxylic acids is 1. The van der Waals surface area contributed by atoms with Crippen molar-refractivity contribution in [2.75, 3.05) is 6.61 Å². The second-order valence-corrected chi connectivity index (χ2v) is 4.63. The fourth-order valence-corrected chi connectivity index (χ4v) is 1.91. The number of rotatable bonds is 4. The molecule has 1 heterocycles. The number of aliphatic hydroxyl groups is 1. The van der Waals surface area contributed by atoms with Gasteiger partial charge in [-0.15, -0.1) is 0 Å². The summed E-state index contributed by atoms with van der Waals surface area (Å²) in [6.45, 7) is -0.356. The first-order chi connectivity index (χ1) is 9.52. The molecule has 20 heavy (non-hydrogen) atoms. The molecular formula is C13H13ClFN3O2. The second kappa shape index (κ2) is 6.02. The number of hydrogen-bond acceptors (Lipinski definition) is 3. The lowest BCUT2D eigenvalue weighted by Crippen LogP contribution is -2.32. The molecule has 0 spiro atoms. The van der Waals surface area contributed by atoms with Gasteiger partial charge in [0, 0.05) is 13.2 Å². The molecule has 0 saturated carbocycles. The van der Waals surface area contributed by atoms with Crippen LogP contribution in [0.4, 0.5) is 4.39 Å². The Kier molecular flexibility index (Phi) is 4.36. The second-order valence-electron chi connectivity index (χ2n) is 4.22. The maximum absolute atomic E-state index is 13.4. The minimum Gasteiger partial charge on any atom is -0.394 e. The molecule has 0 aliphatic rings. The van der Waals surface area contributed by atoms with E-state index < -0.39 is 17.8 Å². The number of aromatic nitrogens is 2. The quantitative estimate of drug-likeness (QED) is 0.902. The van der Waals surface area contributed by atoms with E-state index in [0.717, 1.165) is 0 Å². The molecule has 106 valence electrons. The third-order valence-electron chi connectivity index (χ3n) is 2.89. The number of halogens is 2. The van der Waals surface area contributed by atoms with E-state index in [-0.39, 0.29) is 11.6 Å². The third-order valence-corrected chi connectivity index (χ3v) is 3.19. The normalized spacial score (nSPS) is 12.2. The summed E-state index contributed by atoms with van der Waals surface area (Å²) in [6, 6.07) is 4.95. The molecule has 0 bridgehead atoms. The molecule has 1 aromatic heterocycles. The first kappa shape index (κ1) is 14.5. The minimum absolute atomic E-state index is 0.0107. The summed E-state index contributed by atoms with van der Waals surface area (Å²) in [7, 11) is 1.63. The van der Waals surface area contributed by atoms with Gasteiger partial charge in [0.15, 0.2) is 0 Å². The zero-order chi connectivity index (χ0) is 14.7. The average molecular weight is 298 g/mol. The predicted octanol–water partition coefficient (Wildman–Crippen LogP) is 1.68. The van der Waals surface area contributed by atoms with Gasteiger partial charge in [0.1, 0.15) is 11.5 Å². The number of nitrogens with one attached hydrogen (secondary N) is 1. The van der Waals surface area contributed by atoms with E-state index in [1.54, 1.807) is 19.2 Å². The van der Waals surface area contributed by atoms with E-state index in [2.05, 4.69) is 10.4 Å². The number of carbonyl (C=O) groups is 1. The van der Waals surface area contributed by atoms with Crippen LogP contribution in [0.25, 0.3) is 0 Å². The zero-order valence-corrected chi connectivity index (χ0v) is 11.4. The largest absolute Gasteiger partial charge is 0.394 e. The Labute approximate surface area is 120 Å². The topological polar surface area (TPSA) is 67.2 Å². The van der Waals surface area contributed by atoms with Gasteiger partial charge in [0.2, 0.25) is 0 Å². The van der Waals surface area contributed by atoms with Crippen LogP contribution in [-0.4, -0.2) is 27.4 Å². The highest BCUT2D eigenvalue weighted by Crippen LogP contribution is 2.20. The number of benzene rings is 1. The van der Waals surface area contributed by atoms with Crippen LogP contribution in [0.15, 0.2) is 30.5 Å². The summed E-state index contributed by atoms with van der Waals surface area (Å²) in [5, 5.41) is 15.9.